The molecule has 1 amide bonds. The highest BCUT2D eigenvalue weighted by Gasteiger charge is 2.19. The fourth-order valence-electron chi connectivity index (χ4n) is 3.95. The number of nitrogens with one attached hydrogen (secondary N) is 1. The molecule has 162 valence electrons. The Morgan fingerprint density at radius 3 is 2.55 bits per heavy atom. The summed E-state index contributed by atoms with van der Waals surface area (Å²) >= 11 is 0. The number of hydrogen-bond acceptors (Lipinski definition) is 5. The van der Waals surface area contributed by atoms with Crippen LogP contribution in [0.1, 0.15) is 5.69 Å². The molecule has 0 saturated carbocycles. The van der Waals surface area contributed by atoms with Gasteiger partial charge in [0.1, 0.15) is 18.1 Å². The summed E-state index contributed by atoms with van der Waals surface area (Å²) in [7, 11) is 0. The highest BCUT2D eigenvalue weighted by molar-refractivity contribution is 5.80. The second-order valence-electron chi connectivity index (χ2n) is 7.71. The Hall–Kier alpha value is -3.26. The van der Waals surface area contributed by atoms with Crippen LogP contribution in [0.15, 0.2) is 53.3 Å². The molecule has 1 aliphatic rings. The van der Waals surface area contributed by atoms with Gasteiger partial charge in [0.25, 0.3) is 5.56 Å². The third kappa shape index (κ3) is 4.74. The molecule has 2 aromatic carbocycles. The Morgan fingerprint density at radius 1 is 1.06 bits per heavy atom. The lowest BCUT2D eigenvalue weighted by atomic mass is 10.2. The van der Waals surface area contributed by atoms with E-state index in [4.69, 9.17) is 0 Å². The van der Waals surface area contributed by atoms with Crippen LogP contribution >= 0.6 is 0 Å². The first-order chi connectivity index (χ1) is 15.0. The Labute approximate surface area is 180 Å². The topological polar surface area (TPSA) is 70.5 Å². The van der Waals surface area contributed by atoms with E-state index in [1.807, 2.05) is 29.2 Å². The molecule has 0 atom stereocenters. The van der Waals surface area contributed by atoms with Gasteiger partial charge in [-0.3, -0.25) is 19.1 Å². The Kier molecular flexibility index (Phi) is 6.27. The van der Waals surface area contributed by atoms with Gasteiger partial charge in [-0.2, -0.15) is 0 Å². The van der Waals surface area contributed by atoms with E-state index in [1.165, 1.54) is 10.6 Å². The summed E-state index contributed by atoms with van der Waals surface area (Å²) in [6.45, 7) is 5.92. The van der Waals surface area contributed by atoms with Crippen LogP contribution in [0.25, 0.3) is 11.0 Å². The minimum Gasteiger partial charge on any atom is -0.367 e. The fraction of sp³-hybridized carbons (Fsp3) is 0.348. The van der Waals surface area contributed by atoms with Crippen LogP contribution in [0.5, 0.6) is 0 Å². The normalized spacial score (nSPS) is 14.7. The third-order valence-corrected chi connectivity index (χ3v) is 5.63. The van der Waals surface area contributed by atoms with Crippen molar-refractivity contribution in [1.29, 1.82) is 0 Å². The molecule has 1 N–H and O–H groups in total. The molecule has 0 unspecified atom stereocenters. The fourth-order valence-corrected chi connectivity index (χ4v) is 3.95. The molecule has 8 heteroatoms. The first kappa shape index (κ1) is 21.0. The van der Waals surface area contributed by atoms with Crippen molar-refractivity contribution in [3.8, 4) is 0 Å². The number of aromatic nitrogens is 2. The smallest absolute Gasteiger partial charge is 0.272 e. The molecule has 1 fully saturated rings. The Balaban J connectivity index is 1.28. The van der Waals surface area contributed by atoms with Gasteiger partial charge in [0.15, 0.2) is 0 Å². The molecule has 1 aromatic heterocycles. The van der Waals surface area contributed by atoms with Crippen LogP contribution in [0.4, 0.5) is 10.1 Å². The summed E-state index contributed by atoms with van der Waals surface area (Å²) in [6.07, 6.45) is 0. The number of aryl methyl sites for hydroxylation is 1. The number of amides is 1. The van der Waals surface area contributed by atoms with Crippen molar-refractivity contribution in [3.05, 3.63) is 70.4 Å². The highest BCUT2D eigenvalue weighted by Crippen LogP contribution is 2.19. The van der Waals surface area contributed by atoms with Crippen molar-refractivity contribution < 1.29 is 9.18 Å². The molecule has 0 bridgehead atoms. The van der Waals surface area contributed by atoms with E-state index >= 15 is 0 Å². The number of halogens is 1. The van der Waals surface area contributed by atoms with E-state index in [0.717, 1.165) is 26.2 Å². The second kappa shape index (κ2) is 9.26. The van der Waals surface area contributed by atoms with Crippen LogP contribution in [0.3, 0.4) is 0 Å². The maximum atomic E-state index is 14.0. The molecule has 0 radical (unpaired) electrons. The highest BCUT2D eigenvalue weighted by atomic mass is 19.1. The van der Waals surface area contributed by atoms with Gasteiger partial charge >= 0.3 is 0 Å². The maximum absolute atomic E-state index is 14.0. The van der Waals surface area contributed by atoms with Gasteiger partial charge in [0, 0.05) is 39.3 Å². The molecule has 3 aromatic rings. The van der Waals surface area contributed by atoms with Crippen molar-refractivity contribution in [1.82, 2.24) is 19.8 Å². The lowest BCUT2D eigenvalue weighted by Crippen LogP contribution is -2.49. The minimum atomic E-state index is -0.252. The van der Waals surface area contributed by atoms with E-state index in [-0.39, 0.29) is 23.8 Å². The van der Waals surface area contributed by atoms with Gasteiger partial charge in [0.2, 0.25) is 5.91 Å². The van der Waals surface area contributed by atoms with Gasteiger partial charge in [0.05, 0.1) is 16.7 Å². The number of para-hydroxylation sites is 3. The molecule has 31 heavy (non-hydrogen) atoms. The zero-order chi connectivity index (χ0) is 21.8. The number of benzene rings is 2. The summed E-state index contributed by atoms with van der Waals surface area (Å²) in [5.41, 5.74) is 2.11. The van der Waals surface area contributed by atoms with Crippen LogP contribution in [0.2, 0.25) is 0 Å². The largest absolute Gasteiger partial charge is 0.367 e. The lowest BCUT2D eigenvalue weighted by Gasteiger charge is -2.36. The van der Waals surface area contributed by atoms with Crippen LogP contribution in [-0.2, 0) is 11.3 Å². The minimum absolute atomic E-state index is 0.0379. The average Bonchev–Trinajstić information content (AvgIpc) is 2.78. The SMILES string of the molecule is Cc1nc2ccccc2n(CC(=O)NCCN2CCN(c3ccccc3F)CC2)c1=O. The third-order valence-electron chi connectivity index (χ3n) is 5.63. The zero-order valence-electron chi connectivity index (χ0n) is 17.6. The van der Waals surface area contributed by atoms with E-state index in [2.05, 4.69) is 15.2 Å². The van der Waals surface area contributed by atoms with Crippen molar-refractivity contribution in [3.63, 3.8) is 0 Å². The number of fused-ring (bicyclic) bond motifs is 1. The Bertz CT molecular complexity index is 1140. The van der Waals surface area contributed by atoms with Crippen molar-refractivity contribution in [2.45, 2.75) is 13.5 Å². The average molecular weight is 423 g/mol. The molecular weight excluding hydrogens is 397 g/mol. The summed E-state index contributed by atoms with van der Waals surface area (Å²) < 4.78 is 15.4. The molecule has 0 aliphatic carbocycles. The van der Waals surface area contributed by atoms with E-state index in [1.54, 1.807) is 25.1 Å². The molecule has 1 saturated heterocycles. The second-order valence-corrected chi connectivity index (χ2v) is 7.71. The molecule has 0 spiro atoms. The van der Waals surface area contributed by atoms with Crippen LogP contribution in [-0.4, -0.2) is 59.6 Å². The quantitative estimate of drug-likeness (QED) is 0.655. The summed E-state index contributed by atoms with van der Waals surface area (Å²) in [4.78, 5) is 33.6. The van der Waals surface area contributed by atoms with Crippen molar-refractivity contribution in [2.75, 3.05) is 44.2 Å². The molecule has 2 heterocycles. The Morgan fingerprint density at radius 2 is 1.77 bits per heavy atom. The van der Waals surface area contributed by atoms with Gasteiger partial charge in [-0.25, -0.2) is 9.37 Å². The van der Waals surface area contributed by atoms with Gasteiger partial charge in [-0.1, -0.05) is 24.3 Å². The number of hydrogen-bond donors (Lipinski definition) is 1. The van der Waals surface area contributed by atoms with E-state index in [0.29, 0.717) is 35.5 Å². The van der Waals surface area contributed by atoms with Gasteiger partial charge in [-0.05, 0) is 31.2 Å². The van der Waals surface area contributed by atoms with Gasteiger partial charge in [-0.15, -0.1) is 0 Å². The molecule has 7 nitrogen and oxygen atoms in total. The number of piperazine rings is 1. The maximum Gasteiger partial charge on any atom is 0.272 e. The predicted molar refractivity (Wildman–Crippen MR) is 119 cm³/mol. The monoisotopic (exact) mass is 423 g/mol. The zero-order valence-corrected chi connectivity index (χ0v) is 17.6. The van der Waals surface area contributed by atoms with E-state index in [9.17, 15) is 14.0 Å². The first-order valence-electron chi connectivity index (χ1n) is 10.5. The van der Waals surface area contributed by atoms with Crippen LogP contribution in [0, 0.1) is 12.7 Å². The number of carbonyl (C=O) groups excluding carboxylic acids is 1. The standard InChI is InChI=1S/C23H26FN5O2/c1-17-23(31)29(21-9-5-3-7-19(21)26-17)16-22(30)25-10-11-27-12-14-28(15-13-27)20-8-4-2-6-18(20)24/h2-9H,10-16H2,1H3,(H,25,30). The molecule has 1 aliphatic heterocycles. The number of nitrogens with zero attached hydrogens (tertiary/aromatic N) is 4. The molecular formula is C23H26FN5O2. The van der Waals surface area contributed by atoms with Crippen LogP contribution < -0.4 is 15.8 Å². The molecule has 4 rings (SSSR count). The predicted octanol–water partition coefficient (Wildman–Crippen LogP) is 1.78. The van der Waals surface area contributed by atoms with E-state index < -0.39 is 0 Å². The first-order valence-corrected chi connectivity index (χ1v) is 10.5. The van der Waals surface area contributed by atoms with Gasteiger partial charge < -0.3 is 10.2 Å². The van der Waals surface area contributed by atoms with Crippen molar-refractivity contribution >= 4 is 22.6 Å². The number of anilines is 1. The lowest BCUT2D eigenvalue weighted by molar-refractivity contribution is -0.121. The summed E-state index contributed by atoms with van der Waals surface area (Å²) in [5.74, 6) is -0.403. The number of rotatable bonds is 6. The summed E-state index contributed by atoms with van der Waals surface area (Å²) in [5, 5.41) is 2.91. The summed E-state index contributed by atoms with van der Waals surface area (Å²) in [6, 6.07) is 14.1. The number of carbonyl (C=O) groups is 1. The van der Waals surface area contributed by atoms with Crippen molar-refractivity contribution in [2.24, 2.45) is 0 Å².